The van der Waals surface area contributed by atoms with Gasteiger partial charge < -0.3 is 95.8 Å². The van der Waals surface area contributed by atoms with Crippen LogP contribution in [-0.4, -0.2) is 196 Å². The summed E-state index contributed by atoms with van der Waals surface area (Å²) in [6.45, 7) is 13.5. The highest BCUT2D eigenvalue weighted by Gasteiger charge is 2.40. The predicted octanol–water partition coefficient (Wildman–Crippen LogP) is 1.94. The van der Waals surface area contributed by atoms with Crippen molar-refractivity contribution >= 4 is 111 Å². The van der Waals surface area contributed by atoms with Gasteiger partial charge in [-0.25, -0.2) is 0 Å². The Kier molecular flexibility index (Phi) is 34.8. The van der Waals surface area contributed by atoms with Crippen molar-refractivity contribution in [2.75, 3.05) is 26.2 Å². The van der Waals surface area contributed by atoms with Crippen molar-refractivity contribution in [2.45, 2.75) is 205 Å². The van der Waals surface area contributed by atoms with Crippen LogP contribution in [0.5, 0.6) is 5.75 Å². The maximum atomic E-state index is 15.2. The van der Waals surface area contributed by atoms with E-state index >= 15 is 14.4 Å². The molecule has 1 aliphatic rings. The maximum Gasteiger partial charge on any atom is 0.245 e. The number of aromatic amines is 1. The predicted molar refractivity (Wildman–Crippen MR) is 416 cm³/mol. The molecule has 592 valence electrons. The van der Waals surface area contributed by atoms with Gasteiger partial charge in [-0.15, -0.1) is 0 Å². The first kappa shape index (κ1) is 87.4. The van der Waals surface area contributed by atoms with Crippen molar-refractivity contribution in [3.05, 3.63) is 136 Å². The van der Waals surface area contributed by atoms with Crippen LogP contribution in [0, 0.1) is 5.92 Å². The number of rotatable bonds is 41. The van der Waals surface area contributed by atoms with Crippen LogP contribution in [0.25, 0.3) is 10.9 Å². The summed E-state index contributed by atoms with van der Waals surface area (Å²) in [6.07, 6.45) is 2.40. The van der Waals surface area contributed by atoms with Gasteiger partial charge in [-0.05, 0) is 157 Å². The molecular weight excluding hydrogens is 1440 g/mol. The Morgan fingerprint density at radius 2 is 0.972 bits per heavy atom. The van der Waals surface area contributed by atoms with Crippen LogP contribution in [0.3, 0.4) is 0 Å². The number of aliphatic hydroxyl groups excluding tert-OH is 1. The number of aliphatic imine (C=N–C) groups is 2. The van der Waals surface area contributed by atoms with Crippen LogP contribution in [0.4, 0.5) is 0 Å². The standard InChI is InChI=1S/C76H106Cl2N18O13/c1-42(2)35-58(67(102)90-57(18-13-33-82-75(80)81)74(109)96-34-14-19-64(96)73(108)87-45(7)65(79)100)91-66(101)56(17-11-12-32-83-76(85-43(3)4)86-44(5)6)89-69(104)60(38-49-24-30-53(99)31-25-49)93-72(107)63(41-97)95-71(106)62(39-50-40-84-55-16-10-9-15-54(50)55)94-70(105)61(37-48-22-28-52(78)29-23-48)92-68(103)59(88-46(8)98)36-47-20-26-51(77)27-21-47/h9-10,15-16,20-31,40,42-45,56-64,84,97,99H,11-14,17-19,32-39,41H2,1-8H3,(H2,79,100)(H,87,108)(H,88,98)(H,89,104)(H,90,102)(H,91,101)(H,92,103)(H,93,107)(H,94,105)(H,95,106)(H4,80,81,82)(H2,83,85,86)/t45-,56-,57+,58+,59-,60+,61-,62-,63+,64+/m1/s1. The van der Waals surface area contributed by atoms with E-state index in [1.165, 1.54) is 43.0 Å². The highest BCUT2D eigenvalue weighted by Crippen LogP contribution is 2.23. The number of phenolic OH excluding ortho intramolecular Hbond substituents is 1. The number of hydrogen-bond donors (Lipinski definition) is 17. The lowest BCUT2D eigenvalue weighted by molar-refractivity contribution is -0.142. The molecule has 0 radical (unpaired) electrons. The topological polar surface area (TPSA) is 482 Å². The number of aromatic hydroxyl groups is 1. The van der Waals surface area contributed by atoms with Crippen molar-refractivity contribution in [3.63, 3.8) is 0 Å². The molecule has 0 bridgehead atoms. The van der Waals surface area contributed by atoms with E-state index in [1.54, 1.807) is 92.8 Å². The highest BCUT2D eigenvalue weighted by atomic mass is 35.5. The van der Waals surface area contributed by atoms with Gasteiger partial charge in [-0.2, -0.15) is 0 Å². The first-order chi connectivity index (χ1) is 51.8. The van der Waals surface area contributed by atoms with Crippen molar-refractivity contribution in [1.29, 1.82) is 0 Å². The van der Waals surface area contributed by atoms with Gasteiger partial charge in [0.1, 0.15) is 66.2 Å². The van der Waals surface area contributed by atoms with Gasteiger partial charge in [0.15, 0.2) is 11.9 Å². The third kappa shape index (κ3) is 29.2. The summed E-state index contributed by atoms with van der Waals surface area (Å²) in [5.74, 6) is -8.87. The smallest absolute Gasteiger partial charge is 0.245 e. The second-order valence-corrected chi connectivity index (χ2v) is 29.1. The lowest BCUT2D eigenvalue weighted by Crippen LogP contribution is -2.61. The van der Waals surface area contributed by atoms with E-state index in [0.717, 1.165) is 0 Å². The number of nitrogens with one attached hydrogen (secondary N) is 12. The minimum absolute atomic E-state index is 0.00219. The number of aromatic nitrogens is 1. The Bertz CT molecular complexity index is 3950. The molecule has 1 fully saturated rings. The summed E-state index contributed by atoms with van der Waals surface area (Å²) in [4.78, 5) is 170. The average molecular weight is 1550 g/mol. The van der Waals surface area contributed by atoms with E-state index in [2.05, 4.69) is 68.5 Å². The minimum Gasteiger partial charge on any atom is -0.508 e. The number of H-pyrrole nitrogens is 1. The number of para-hydroxylation sites is 1. The van der Waals surface area contributed by atoms with Crippen LogP contribution in [0.1, 0.15) is 129 Å². The molecule has 0 saturated carbocycles. The SMILES string of the molecule is CC(=O)N[C@H](Cc1ccc(Cl)cc1)C(=O)N[C@H](Cc1ccc(Cl)cc1)C(=O)N[C@H](Cc1c[nH]c2ccccc12)C(=O)N[C@@H](CO)C(=O)N[C@@H](Cc1ccc(O)cc1)C(=O)N[C@H](CCCCN=C(NC(C)C)NC(C)C)C(=O)N[C@@H](CC(C)C)C(=O)N[C@@H](CCCN=C(N)N)C(=O)N1CCC[C@H]1C(=O)N[C@H](C)C(N)=O. The number of amides is 11. The molecule has 1 aliphatic heterocycles. The number of phenols is 1. The molecule has 0 spiro atoms. The molecule has 20 N–H and O–H groups in total. The normalized spacial score (nSPS) is 15.1. The largest absolute Gasteiger partial charge is 0.508 e. The molecule has 6 rings (SSSR count). The first-order valence-corrected chi connectivity index (χ1v) is 37.4. The summed E-state index contributed by atoms with van der Waals surface area (Å²) in [6, 6.07) is 12.3. The van der Waals surface area contributed by atoms with Crippen molar-refractivity contribution in [1.82, 2.24) is 68.4 Å². The summed E-state index contributed by atoms with van der Waals surface area (Å²) in [7, 11) is 0. The van der Waals surface area contributed by atoms with Gasteiger partial charge in [0.25, 0.3) is 0 Å². The Hall–Kier alpha value is -10.5. The number of carbonyl (C=O) groups is 11. The molecule has 0 unspecified atom stereocenters. The van der Waals surface area contributed by atoms with Crippen molar-refractivity contribution < 1.29 is 63.0 Å². The summed E-state index contributed by atoms with van der Waals surface area (Å²) < 4.78 is 0. The Morgan fingerprint density at radius 1 is 0.523 bits per heavy atom. The van der Waals surface area contributed by atoms with Crippen molar-refractivity contribution in [3.8, 4) is 5.75 Å². The van der Waals surface area contributed by atoms with Crippen LogP contribution < -0.4 is 75.7 Å². The van der Waals surface area contributed by atoms with E-state index in [-0.39, 0.29) is 114 Å². The maximum absolute atomic E-state index is 15.2. The summed E-state index contributed by atoms with van der Waals surface area (Å²) >= 11 is 12.4. The fourth-order valence-corrected chi connectivity index (χ4v) is 12.5. The molecule has 5 aromatic rings. The van der Waals surface area contributed by atoms with Gasteiger partial charge in [0, 0.05) is 91.5 Å². The molecule has 0 aliphatic carbocycles. The Morgan fingerprint density at radius 3 is 1.49 bits per heavy atom. The molecule has 10 atom stereocenters. The molecule has 11 amide bonds. The number of aliphatic hydroxyl groups is 1. The molecule has 109 heavy (non-hydrogen) atoms. The van der Waals surface area contributed by atoms with Gasteiger partial charge in [-0.3, -0.25) is 62.7 Å². The van der Waals surface area contributed by atoms with E-state index < -0.39 is 132 Å². The van der Waals surface area contributed by atoms with Crippen LogP contribution in [0.2, 0.25) is 10.0 Å². The first-order valence-electron chi connectivity index (χ1n) is 36.6. The zero-order chi connectivity index (χ0) is 80.0. The lowest BCUT2D eigenvalue weighted by atomic mass is 10.00. The molecular formula is C76H106Cl2N18O13. The highest BCUT2D eigenvalue weighted by molar-refractivity contribution is 6.30. The number of carbonyl (C=O) groups excluding carboxylic acids is 11. The minimum atomic E-state index is -1.84. The molecule has 1 aromatic heterocycles. The van der Waals surface area contributed by atoms with Gasteiger partial charge in [-0.1, -0.05) is 91.6 Å². The second kappa shape index (κ2) is 43.5. The number of benzene rings is 4. The number of unbranched alkanes of at least 4 members (excludes halogenated alkanes) is 1. The Balaban J connectivity index is 1.32. The number of hydrogen-bond acceptors (Lipinski definition) is 15. The quantitative estimate of drug-likeness (QED) is 0.0151. The van der Waals surface area contributed by atoms with Crippen LogP contribution in [-0.2, 0) is 78.4 Å². The van der Waals surface area contributed by atoms with Crippen LogP contribution >= 0.6 is 23.2 Å². The summed E-state index contributed by atoms with van der Waals surface area (Å²) in [5.41, 5.74) is 19.5. The molecule has 33 heteroatoms. The fourth-order valence-electron chi connectivity index (χ4n) is 12.2. The molecule has 4 aromatic carbocycles. The average Bonchev–Trinajstić information content (AvgIpc) is 1.79. The molecule has 31 nitrogen and oxygen atoms in total. The number of fused-ring (bicyclic) bond motifs is 1. The number of primary amides is 1. The van der Waals surface area contributed by atoms with Gasteiger partial charge in [0.05, 0.1) is 6.61 Å². The third-order valence-corrected chi connectivity index (χ3v) is 18.3. The summed E-state index contributed by atoms with van der Waals surface area (Å²) in [5, 5.41) is 53.9. The van der Waals surface area contributed by atoms with E-state index in [0.29, 0.717) is 62.0 Å². The van der Waals surface area contributed by atoms with E-state index in [1.807, 2.05) is 27.7 Å². The zero-order valence-corrected chi connectivity index (χ0v) is 64.4. The van der Waals surface area contributed by atoms with Gasteiger partial charge >= 0.3 is 0 Å². The lowest BCUT2D eigenvalue weighted by Gasteiger charge is -2.31. The Labute approximate surface area is 644 Å². The number of guanidine groups is 2. The second-order valence-electron chi connectivity index (χ2n) is 28.2. The van der Waals surface area contributed by atoms with E-state index in [4.69, 9.17) is 45.4 Å². The number of nitrogens with zero attached hydrogens (tertiary/aromatic N) is 3. The van der Waals surface area contributed by atoms with E-state index in [9.17, 15) is 48.6 Å². The number of nitrogens with two attached hydrogens (primary N) is 3. The molecule has 2 heterocycles. The fraction of sp³-hybridized carbons (Fsp3) is 0.487. The van der Waals surface area contributed by atoms with Gasteiger partial charge in [0.2, 0.25) is 65.0 Å². The zero-order valence-electron chi connectivity index (χ0n) is 62.8. The van der Waals surface area contributed by atoms with Crippen molar-refractivity contribution in [2.24, 2.45) is 33.1 Å². The third-order valence-electron chi connectivity index (χ3n) is 17.8. The monoisotopic (exact) mass is 1550 g/mol. The van der Waals surface area contributed by atoms with Crippen LogP contribution in [0.15, 0.2) is 113 Å². The number of halogens is 2. The molecule has 1 saturated heterocycles. The number of likely N-dealkylation sites (tertiary alicyclic amines) is 1.